The minimum Gasteiger partial charge on any atom is -0.462 e. The predicted octanol–water partition coefficient (Wildman–Crippen LogP) is 2.73. The van der Waals surface area contributed by atoms with Crippen molar-refractivity contribution in [3.05, 3.63) is 23.5 Å². The monoisotopic (exact) mass is 480 g/mol. The maximum atomic E-state index is 12.6. The number of methoxy groups -OCH3 is 2. The molecular formula is C25H44N4O5. The molecule has 0 bridgehead atoms. The zero-order valence-corrected chi connectivity index (χ0v) is 21.9. The summed E-state index contributed by atoms with van der Waals surface area (Å²) in [6.45, 7) is 12.6. The summed E-state index contributed by atoms with van der Waals surface area (Å²) in [6, 6.07) is 0. The fourth-order valence-electron chi connectivity index (χ4n) is 4.72. The normalized spacial score (nSPS) is 24.8. The number of nitrogens with one attached hydrogen (secondary N) is 2. The first-order chi connectivity index (χ1) is 16.1. The van der Waals surface area contributed by atoms with Crippen LogP contribution in [0.15, 0.2) is 28.5 Å². The fourth-order valence-corrected chi connectivity index (χ4v) is 4.72. The van der Waals surface area contributed by atoms with Crippen molar-refractivity contribution < 1.29 is 24.1 Å². The number of allylic oxidation sites excluding steroid dienone is 3. The maximum Gasteiger partial charge on any atom is 0.354 e. The molecule has 2 heterocycles. The van der Waals surface area contributed by atoms with E-state index in [1.54, 1.807) is 14.2 Å². The molecule has 0 aliphatic carbocycles. The standard InChI is InChI=1S/C25H44N4O5/c1-8-29(19(3)33-7)22(20-11-9-13-26-21(20)16-32-6)18(2)15-24(4,5)17-34-23(30)25(31)12-10-14-27-28-25/h9,13,19-20,27-28,31H,8,10-12,14-17H2,1-7H3/b22-18+/t19?,20-,25-/m1/s1. The van der Waals surface area contributed by atoms with Crippen LogP contribution in [-0.4, -0.2) is 74.2 Å². The molecule has 34 heavy (non-hydrogen) atoms. The molecule has 0 amide bonds. The van der Waals surface area contributed by atoms with Gasteiger partial charge in [0.05, 0.1) is 18.9 Å². The van der Waals surface area contributed by atoms with E-state index in [4.69, 9.17) is 14.2 Å². The maximum absolute atomic E-state index is 12.6. The van der Waals surface area contributed by atoms with Gasteiger partial charge in [0, 0.05) is 57.0 Å². The lowest BCUT2D eigenvalue weighted by Gasteiger charge is -2.39. The van der Waals surface area contributed by atoms with Gasteiger partial charge in [-0.1, -0.05) is 25.5 Å². The van der Waals surface area contributed by atoms with Gasteiger partial charge in [-0.3, -0.25) is 10.4 Å². The van der Waals surface area contributed by atoms with Crippen LogP contribution in [0.4, 0.5) is 0 Å². The topological polar surface area (TPSA) is 105 Å². The molecule has 1 saturated heterocycles. The zero-order chi connectivity index (χ0) is 25.4. The van der Waals surface area contributed by atoms with Gasteiger partial charge in [0.15, 0.2) is 0 Å². The number of carbonyl (C=O) groups excluding carboxylic acids is 1. The van der Waals surface area contributed by atoms with Crippen LogP contribution in [0.1, 0.15) is 60.3 Å². The number of carbonyl (C=O) groups is 1. The molecule has 9 heteroatoms. The molecule has 0 radical (unpaired) electrons. The second-order valence-electron chi connectivity index (χ2n) is 9.95. The van der Waals surface area contributed by atoms with Gasteiger partial charge in [0.1, 0.15) is 6.23 Å². The Kier molecular flexibility index (Phi) is 10.7. The lowest BCUT2D eigenvalue weighted by molar-refractivity contribution is -0.177. The molecule has 9 nitrogen and oxygen atoms in total. The van der Waals surface area contributed by atoms with E-state index >= 15 is 0 Å². The van der Waals surface area contributed by atoms with Crippen LogP contribution in [0.3, 0.4) is 0 Å². The smallest absolute Gasteiger partial charge is 0.354 e. The van der Waals surface area contributed by atoms with Crippen molar-refractivity contribution in [1.29, 1.82) is 0 Å². The van der Waals surface area contributed by atoms with Gasteiger partial charge in [0.2, 0.25) is 5.72 Å². The molecule has 0 aromatic rings. The summed E-state index contributed by atoms with van der Waals surface area (Å²) in [6.07, 6.45) is 6.37. The largest absolute Gasteiger partial charge is 0.462 e. The number of hydrogen-bond donors (Lipinski definition) is 3. The quantitative estimate of drug-likeness (QED) is 0.289. The second kappa shape index (κ2) is 12.8. The third-order valence-corrected chi connectivity index (χ3v) is 6.42. The third-order valence-electron chi connectivity index (χ3n) is 6.42. The predicted molar refractivity (Wildman–Crippen MR) is 133 cm³/mol. The number of esters is 1. The van der Waals surface area contributed by atoms with Crippen molar-refractivity contribution in [1.82, 2.24) is 15.8 Å². The van der Waals surface area contributed by atoms with Crippen molar-refractivity contribution in [3.8, 4) is 0 Å². The van der Waals surface area contributed by atoms with Gasteiger partial charge in [-0.25, -0.2) is 10.2 Å². The first-order valence-corrected chi connectivity index (χ1v) is 12.2. The molecule has 1 unspecified atom stereocenters. The summed E-state index contributed by atoms with van der Waals surface area (Å²) in [5, 5.41) is 10.5. The van der Waals surface area contributed by atoms with Crippen LogP contribution in [0.25, 0.3) is 0 Å². The van der Waals surface area contributed by atoms with Crippen LogP contribution >= 0.6 is 0 Å². The van der Waals surface area contributed by atoms with Crippen LogP contribution < -0.4 is 10.9 Å². The Morgan fingerprint density at radius 1 is 1.41 bits per heavy atom. The van der Waals surface area contributed by atoms with Gasteiger partial charge in [-0.2, -0.15) is 0 Å². The van der Waals surface area contributed by atoms with Crippen LogP contribution in [0.2, 0.25) is 0 Å². The number of aliphatic imine (C=N–C) groups is 1. The van der Waals surface area contributed by atoms with E-state index in [0.29, 0.717) is 32.4 Å². The summed E-state index contributed by atoms with van der Waals surface area (Å²) >= 11 is 0. The van der Waals surface area contributed by atoms with E-state index in [2.05, 4.69) is 54.5 Å². The molecular weight excluding hydrogens is 436 g/mol. The minimum atomic E-state index is -1.68. The highest BCUT2D eigenvalue weighted by Gasteiger charge is 2.40. The molecule has 2 aliphatic rings. The van der Waals surface area contributed by atoms with Crippen molar-refractivity contribution in [2.45, 2.75) is 72.3 Å². The summed E-state index contributed by atoms with van der Waals surface area (Å²) in [4.78, 5) is 19.5. The van der Waals surface area contributed by atoms with E-state index in [0.717, 1.165) is 18.7 Å². The number of nitrogens with zero attached hydrogens (tertiary/aromatic N) is 2. The Morgan fingerprint density at radius 2 is 2.15 bits per heavy atom. The molecule has 0 saturated carbocycles. The van der Waals surface area contributed by atoms with Gasteiger partial charge in [0.25, 0.3) is 0 Å². The molecule has 2 aliphatic heterocycles. The average molecular weight is 481 g/mol. The molecule has 0 aromatic heterocycles. The lowest BCUT2D eigenvalue weighted by atomic mass is 9.82. The number of ether oxygens (including phenoxy) is 3. The Bertz CT molecular complexity index is 771. The summed E-state index contributed by atoms with van der Waals surface area (Å²) in [7, 11) is 3.40. The number of rotatable bonds is 12. The lowest BCUT2D eigenvalue weighted by Crippen LogP contribution is -2.61. The number of hydrogen-bond acceptors (Lipinski definition) is 9. The fraction of sp³-hybridized carbons (Fsp3) is 0.760. The SMILES string of the molecule is CCN(/C(=C(\C)CC(C)(C)COC(=O)[C@]1(O)CCCNN1)[C@@H]1CC=CN=C1COC)C(C)OC. The zero-order valence-electron chi connectivity index (χ0n) is 21.9. The first kappa shape index (κ1) is 28.5. The highest BCUT2D eigenvalue weighted by Crippen LogP contribution is 2.35. The van der Waals surface area contributed by atoms with Gasteiger partial charge >= 0.3 is 5.97 Å². The number of hydrazine groups is 1. The second-order valence-corrected chi connectivity index (χ2v) is 9.95. The van der Waals surface area contributed by atoms with Crippen molar-refractivity contribution in [2.24, 2.45) is 16.3 Å². The average Bonchev–Trinajstić information content (AvgIpc) is 2.81. The molecule has 3 atom stereocenters. The Balaban J connectivity index is 2.26. The van der Waals surface area contributed by atoms with Crippen LogP contribution in [-0.2, 0) is 19.0 Å². The van der Waals surface area contributed by atoms with Crippen LogP contribution in [0.5, 0.6) is 0 Å². The first-order valence-electron chi connectivity index (χ1n) is 12.2. The molecule has 194 valence electrons. The minimum absolute atomic E-state index is 0.0825. The number of aliphatic hydroxyl groups is 1. The molecule has 3 N–H and O–H groups in total. The van der Waals surface area contributed by atoms with E-state index < -0.39 is 11.7 Å². The Hall–Kier alpha value is -1.78. The van der Waals surface area contributed by atoms with Gasteiger partial charge in [-0.05, 0) is 40.0 Å². The van der Waals surface area contributed by atoms with E-state index in [-0.39, 0.29) is 24.2 Å². The van der Waals surface area contributed by atoms with E-state index in [1.807, 2.05) is 13.1 Å². The molecule has 1 fully saturated rings. The van der Waals surface area contributed by atoms with Crippen molar-refractivity contribution in [3.63, 3.8) is 0 Å². The van der Waals surface area contributed by atoms with Crippen LogP contribution in [0, 0.1) is 11.3 Å². The van der Waals surface area contributed by atoms with Gasteiger partial charge < -0.3 is 24.2 Å². The van der Waals surface area contributed by atoms with E-state index in [1.165, 1.54) is 11.3 Å². The Morgan fingerprint density at radius 3 is 2.74 bits per heavy atom. The molecule has 0 aromatic carbocycles. The summed E-state index contributed by atoms with van der Waals surface area (Å²) < 4.78 is 16.7. The third kappa shape index (κ3) is 7.36. The Labute approximate surface area is 204 Å². The summed E-state index contributed by atoms with van der Waals surface area (Å²) in [5.74, 6) is -0.566. The summed E-state index contributed by atoms with van der Waals surface area (Å²) in [5.41, 5.74) is 6.82. The van der Waals surface area contributed by atoms with E-state index in [9.17, 15) is 9.90 Å². The van der Waals surface area contributed by atoms with Gasteiger partial charge in [-0.15, -0.1) is 0 Å². The molecule has 0 spiro atoms. The van der Waals surface area contributed by atoms with Crippen molar-refractivity contribution in [2.75, 3.05) is 40.5 Å². The molecule has 2 rings (SSSR count). The highest BCUT2D eigenvalue weighted by atomic mass is 16.6. The highest BCUT2D eigenvalue weighted by molar-refractivity contribution is 5.91. The van der Waals surface area contributed by atoms with Crippen molar-refractivity contribution >= 4 is 11.7 Å².